The second-order valence-electron chi connectivity index (χ2n) is 6.82. The molecule has 3 aliphatic heterocycles. The van der Waals surface area contributed by atoms with Gasteiger partial charge in [-0.1, -0.05) is 12.1 Å². The summed E-state index contributed by atoms with van der Waals surface area (Å²) < 4.78 is 28.9. The van der Waals surface area contributed by atoms with E-state index in [0.717, 1.165) is 12.8 Å². The summed E-state index contributed by atoms with van der Waals surface area (Å²) in [5.74, 6) is 1.07. The number of fused-ring (bicyclic) bond motifs is 1. The smallest absolute Gasteiger partial charge is 0.286 e. The van der Waals surface area contributed by atoms with Crippen molar-refractivity contribution in [2.45, 2.75) is 17.7 Å². The van der Waals surface area contributed by atoms with E-state index in [-0.39, 0.29) is 29.2 Å². The standard InChI is InChI=1S/C17H20N4O4S2/c22-15(9-21-11-26-10-16(21)23)20-7-3-4-12(8-20)17-18-13-5-1-2-6-14(13)27(24,25)19-17/h1-2,5-6,12H,3-4,7-11H2,(H,18,19)/t12-/m0/s1. The molecule has 0 radical (unpaired) electrons. The number of para-hydroxylation sites is 1. The van der Waals surface area contributed by atoms with E-state index in [1.54, 1.807) is 28.0 Å². The van der Waals surface area contributed by atoms with Crippen LogP contribution in [-0.4, -0.2) is 67.1 Å². The molecule has 0 bridgehead atoms. The molecule has 1 aromatic carbocycles. The molecule has 2 amide bonds. The Morgan fingerprint density at radius 1 is 1.33 bits per heavy atom. The first-order chi connectivity index (χ1) is 12.9. The normalized spacial score (nSPS) is 24.2. The van der Waals surface area contributed by atoms with Crippen molar-refractivity contribution in [2.24, 2.45) is 10.3 Å². The van der Waals surface area contributed by atoms with Crippen LogP contribution in [0, 0.1) is 5.92 Å². The van der Waals surface area contributed by atoms with Crippen molar-refractivity contribution in [1.29, 1.82) is 0 Å². The van der Waals surface area contributed by atoms with E-state index >= 15 is 0 Å². The third-order valence-corrected chi connectivity index (χ3v) is 7.25. The van der Waals surface area contributed by atoms with E-state index in [0.29, 0.717) is 36.2 Å². The third kappa shape index (κ3) is 3.68. The number of carbonyl (C=O) groups excluding carboxylic acids is 2. The van der Waals surface area contributed by atoms with E-state index in [1.807, 2.05) is 0 Å². The number of anilines is 1. The monoisotopic (exact) mass is 408 g/mol. The molecule has 10 heteroatoms. The number of amidine groups is 1. The predicted molar refractivity (Wildman–Crippen MR) is 103 cm³/mol. The first-order valence-electron chi connectivity index (χ1n) is 8.78. The molecular weight excluding hydrogens is 388 g/mol. The first kappa shape index (κ1) is 18.3. The van der Waals surface area contributed by atoms with Gasteiger partial charge < -0.3 is 15.1 Å². The predicted octanol–water partition coefficient (Wildman–Crippen LogP) is 0.971. The summed E-state index contributed by atoms with van der Waals surface area (Å²) >= 11 is 1.51. The Kier molecular flexibility index (Phi) is 4.85. The quantitative estimate of drug-likeness (QED) is 0.800. The van der Waals surface area contributed by atoms with Crippen LogP contribution < -0.4 is 5.32 Å². The lowest BCUT2D eigenvalue weighted by Crippen LogP contribution is -2.48. The fourth-order valence-corrected chi connectivity index (χ4v) is 5.64. The maximum absolute atomic E-state index is 12.6. The topological polar surface area (TPSA) is 99.2 Å². The van der Waals surface area contributed by atoms with Gasteiger partial charge in [-0.25, -0.2) is 0 Å². The van der Waals surface area contributed by atoms with E-state index < -0.39 is 10.0 Å². The fraction of sp³-hybridized carbons (Fsp3) is 0.471. The number of carbonyl (C=O) groups is 2. The highest BCUT2D eigenvalue weighted by molar-refractivity contribution is 8.00. The molecule has 3 heterocycles. The van der Waals surface area contributed by atoms with Gasteiger partial charge in [-0.2, -0.15) is 8.42 Å². The van der Waals surface area contributed by atoms with Crippen molar-refractivity contribution in [3.8, 4) is 0 Å². The molecule has 2 fully saturated rings. The highest BCUT2D eigenvalue weighted by Gasteiger charge is 2.33. The lowest BCUT2D eigenvalue weighted by molar-refractivity contribution is -0.138. The number of sulfonamides is 1. The van der Waals surface area contributed by atoms with Crippen molar-refractivity contribution in [2.75, 3.05) is 36.6 Å². The van der Waals surface area contributed by atoms with Crippen LogP contribution in [0.3, 0.4) is 0 Å². The number of thioether (sulfide) groups is 1. The van der Waals surface area contributed by atoms with Gasteiger partial charge in [-0.15, -0.1) is 16.2 Å². The fourth-order valence-electron chi connectivity index (χ4n) is 3.54. The molecule has 1 N–H and O–H groups in total. The number of piperidine rings is 1. The lowest BCUT2D eigenvalue weighted by atomic mass is 9.96. The molecule has 4 rings (SSSR count). The average Bonchev–Trinajstić information content (AvgIpc) is 3.06. The maximum atomic E-state index is 12.6. The van der Waals surface area contributed by atoms with Crippen molar-refractivity contribution >= 4 is 45.1 Å². The third-order valence-electron chi connectivity index (χ3n) is 4.96. The SMILES string of the molecule is O=C1CSCN1CC(=O)N1CCC[C@H](C2=NS(=O)(=O)c3ccccc3N2)C1. The van der Waals surface area contributed by atoms with Crippen LogP contribution in [0.5, 0.6) is 0 Å². The van der Waals surface area contributed by atoms with Gasteiger partial charge in [0, 0.05) is 19.0 Å². The minimum absolute atomic E-state index is 0.0112. The molecule has 8 nitrogen and oxygen atoms in total. The van der Waals surface area contributed by atoms with Crippen LogP contribution >= 0.6 is 11.8 Å². The second kappa shape index (κ2) is 7.16. The molecule has 144 valence electrons. The molecule has 1 aromatic rings. The molecule has 0 spiro atoms. The zero-order valence-electron chi connectivity index (χ0n) is 14.6. The number of nitrogens with zero attached hydrogens (tertiary/aromatic N) is 3. The van der Waals surface area contributed by atoms with Crippen molar-refractivity contribution in [3.05, 3.63) is 24.3 Å². The summed E-state index contributed by atoms with van der Waals surface area (Å²) in [7, 11) is -3.74. The molecule has 1 atom stereocenters. The minimum Gasteiger partial charge on any atom is -0.342 e. The Labute approximate surface area is 162 Å². The van der Waals surface area contributed by atoms with Crippen LogP contribution in [0.2, 0.25) is 0 Å². The summed E-state index contributed by atoms with van der Waals surface area (Å²) in [5.41, 5.74) is 0.519. The summed E-state index contributed by atoms with van der Waals surface area (Å²) in [6.07, 6.45) is 1.52. The molecule has 3 aliphatic rings. The maximum Gasteiger partial charge on any atom is 0.286 e. The number of rotatable bonds is 3. The molecule has 0 aromatic heterocycles. The summed E-state index contributed by atoms with van der Waals surface area (Å²) in [4.78, 5) is 27.8. The van der Waals surface area contributed by atoms with Gasteiger partial charge >= 0.3 is 0 Å². The number of hydrogen-bond acceptors (Lipinski definition) is 6. The summed E-state index contributed by atoms with van der Waals surface area (Å²) in [6.45, 7) is 1.10. The lowest BCUT2D eigenvalue weighted by Gasteiger charge is -2.35. The van der Waals surface area contributed by atoms with Crippen LogP contribution in [-0.2, 0) is 19.6 Å². The first-order valence-corrected chi connectivity index (χ1v) is 11.4. The van der Waals surface area contributed by atoms with Crippen LogP contribution in [0.25, 0.3) is 0 Å². The number of nitrogens with one attached hydrogen (secondary N) is 1. The van der Waals surface area contributed by atoms with Crippen LogP contribution in [0.15, 0.2) is 33.6 Å². The van der Waals surface area contributed by atoms with Crippen LogP contribution in [0.1, 0.15) is 12.8 Å². The van der Waals surface area contributed by atoms with E-state index in [4.69, 9.17) is 0 Å². The van der Waals surface area contributed by atoms with Gasteiger partial charge in [0.15, 0.2) is 0 Å². The Morgan fingerprint density at radius 3 is 2.93 bits per heavy atom. The van der Waals surface area contributed by atoms with Gasteiger partial charge in [0.2, 0.25) is 11.8 Å². The van der Waals surface area contributed by atoms with Gasteiger partial charge in [-0.05, 0) is 25.0 Å². The number of likely N-dealkylation sites (tertiary alicyclic amines) is 1. The Morgan fingerprint density at radius 2 is 2.15 bits per heavy atom. The van der Waals surface area contributed by atoms with Crippen molar-refractivity contribution in [3.63, 3.8) is 0 Å². The van der Waals surface area contributed by atoms with E-state index in [2.05, 4.69) is 9.71 Å². The highest BCUT2D eigenvalue weighted by atomic mass is 32.2. The Balaban J connectivity index is 1.48. The second-order valence-corrected chi connectivity index (χ2v) is 9.35. The summed E-state index contributed by atoms with van der Waals surface area (Å²) in [5, 5.41) is 3.13. The zero-order valence-corrected chi connectivity index (χ0v) is 16.3. The summed E-state index contributed by atoms with van der Waals surface area (Å²) in [6, 6.07) is 6.67. The van der Waals surface area contributed by atoms with Gasteiger partial charge in [0.05, 0.1) is 17.3 Å². The highest BCUT2D eigenvalue weighted by Crippen LogP contribution is 2.30. The van der Waals surface area contributed by atoms with E-state index in [1.165, 1.54) is 17.8 Å². The van der Waals surface area contributed by atoms with Crippen LogP contribution in [0.4, 0.5) is 5.69 Å². The molecular formula is C17H20N4O4S2. The molecule has 0 aliphatic carbocycles. The Bertz CT molecular complexity index is 915. The van der Waals surface area contributed by atoms with Crippen molar-refractivity contribution < 1.29 is 18.0 Å². The molecule has 27 heavy (non-hydrogen) atoms. The van der Waals surface area contributed by atoms with Gasteiger partial charge in [-0.3, -0.25) is 9.59 Å². The average molecular weight is 409 g/mol. The van der Waals surface area contributed by atoms with Gasteiger partial charge in [0.1, 0.15) is 17.3 Å². The zero-order chi connectivity index (χ0) is 19.0. The largest absolute Gasteiger partial charge is 0.342 e. The Hall–Kier alpha value is -2.07. The number of benzene rings is 1. The molecule has 0 saturated carbocycles. The van der Waals surface area contributed by atoms with E-state index in [9.17, 15) is 18.0 Å². The van der Waals surface area contributed by atoms with Gasteiger partial charge in [0.25, 0.3) is 10.0 Å². The molecule has 2 saturated heterocycles. The minimum atomic E-state index is -3.74. The molecule has 0 unspecified atom stereocenters. The number of hydrogen-bond donors (Lipinski definition) is 1. The van der Waals surface area contributed by atoms with Crippen molar-refractivity contribution in [1.82, 2.24) is 9.80 Å². The number of amides is 2.